The van der Waals surface area contributed by atoms with Crippen LogP contribution in [-0.4, -0.2) is 83.3 Å². The van der Waals surface area contributed by atoms with E-state index in [9.17, 15) is 18.0 Å². The maximum Gasteiger partial charge on any atom is 0.276 e. The molecule has 2 aromatic rings. The molecule has 1 aliphatic carbocycles. The second kappa shape index (κ2) is 7.45. The van der Waals surface area contributed by atoms with E-state index in [1.54, 1.807) is 4.90 Å². The number of fused-ring (bicyclic) bond motifs is 1. The van der Waals surface area contributed by atoms with Gasteiger partial charge >= 0.3 is 0 Å². The standard InChI is InChI=1S/C21H24N4O5S/c1-14-3-2-4-15(11-14)19-18(22-13-30-19)21(27)24-8-7-23-9-10-31(28,29)25(16-5-6-16)20(26)17(23)12-24/h2-4,11,13,16-17H,5-10,12H2,1H3. The van der Waals surface area contributed by atoms with Gasteiger partial charge < -0.3 is 9.32 Å². The van der Waals surface area contributed by atoms with Gasteiger partial charge in [-0.2, -0.15) is 0 Å². The number of sulfonamides is 1. The molecule has 1 unspecified atom stereocenters. The number of aryl methyl sites for hydroxylation is 1. The fraction of sp³-hybridized carbons (Fsp3) is 0.476. The van der Waals surface area contributed by atoms with Gasteiger partial charge in [0, 0.05) is 37.8 Å². The van der Waals surface area contributed by atoms with Crippen LogP contribution in [0.5, 0.6) is 0 Å². The summed E-state index contributed by atoms with van der Waals surface area (Å²) in [6.45, 7) is 3.22. The molecule has 1 atom stereocenters. The van der Waals surface area contributed by atoms with Crippen LogP contribution in [0.4, 0.5) is 0 Å². The van der Waals surface area contributed by atoms with E-state index in [0.717, 1.165) is 15.4 Å². The lowest BCUT2D eigenvalue weighted by Gasteiger charge is -2.39. The molecule has 0 bridgehead atoms. The molecule has 3 aliphatic rings. The highest BCUT2D eigenvalue weighted by molar-refractivity contribution is 7.89. The van der Waals surface area contributed by atoms with E-state index in [0.29, 0.717) is 38.2 Å². The Bertz CT molecular complexity index is 1140. The topological polar surface area (TPSA) is 104 Å². The summed E-state index contributed by atoms with van der Waals surface area (Å²) < 4.78 is 31.9. The predicted molar refractivity (Wildman–Crippen MR) is 112 cm³/mol. The number of benzene rings is 1. The Hall–Kier alpha value is -2.72. The summed E-state index contributed by atoms with van der Waals surface area (Å²) >= 11 is 0. The van der Waals surface area contributed by atoms with Gasteiger partial charge in [0.15, 0.2) is 17.8 Å². The first-order valence-corrected chi connectivity index (χ1v) is 12.1. The van der Waals surface area contributed by atoms with Crippen molar-refractivity contribution in [3.63, 3.8) is 0 Å². The van der Waals surface area contributed by atoms with Crippen molar-refractivity contribution >= 4 is 21.8 Å². The first kappa shape index (κ1) is 20.2. The van der Waals surface area contributed by atoms with Crippen molar-refractivity contribution in [3.05, 3.63) is 41.9 Å². The minimum absolute atomic E-state index is 0.0690. The SMILES string of the molecule is Cc1cccc(-c2ocnc2C(=O)N2CCN3CCS(=O)(=O)N(C4CC4)C(=O)C3C2)c1. The first-order chi connectivity index (χ1) is 14.8. The average molecular weight is 445 g/mol. The van der Waals surface area contributed by atoms with E-state index >= 15 is 0 Å². The van der Waals surface area contributed by atoms with Gasteiger partial charge in [-0.15, -0.1) is 0 Å². The second-order valence-electron chi connectivity index (χ2n) is 8.38. The van der Waals surface area contributed by atoms with E-state index in [2.05, 4.69) is 4.98 Å². The molecule has 1 aromatic heterocycles. The molecule has 2 aliphatic heterocycles. The van der Waals surface area contributed by atoms with Gasteiger partial charge in [-0.3, -0.25) is 14.5 Å². The third-order valence-electron chi connectivity index (χ3n) is 6.15. The summed E-state index contributed by atoms with van der Waals surface area (Å²) in [6.07, 6.45) is 2.66. The van der Waals surface area contributed by atoms with Crippen LogP contribution in [0.15, 0.2) is 35.1 Å². The summed E-state index contributed by atoms with van der Waals surface area (Å²) in [4.78, 5) is 34.1. The number of carbonyl (C=O) groups is 2. The Morgan fingerprint density at radius 1 is 1.19 bits per heavy atom. The fourth-order valence-electron chi connectivity index (χ4n) is 4.38. The Morgan fingerprint density at radius 3 is 2.74 bits per heavy atom. The quantitative estimate of drug-likeness (QED) is 0.698. The van der Waals surface area contributed by atoms with Crippen molar-refractivity contribution < 1.29 is 22.4 Å². The molecule has 9 nitrogen and oxygen atoms in total. The summed E-state index contributed by atoms with van der Waals surface area (Å²) in [6, 6.07) is 6.73. The van der Waals surface area contributed by atoms with Crippen LogP contribution in [0, 0.1) is 6.92 Å². The number of piperazine rings is 1. The van der Waals surface area contributed by atoms with Gasteiger partial charge in [0.2, 0.25) is 10.0 Å². The molecule has 31 heavy (non-hydrogen) atoms. The largest absolute Gasteiger partial charge is 0.443 e. The van der Waals surface area contributed by atoms with E-state index in [4.69, 9.17) is 4.42 Å². The van der Waals surface area contributed by atoms with E-state index in [-0.39, 0.29) is 29.9 Å². The number of aromatic nitrogens is 1. The average Bonchev–Trinajstić information content (AvgIpc) is 3.46. The van der Waals surface area contributed by atoms with Crippen molar-refractivity contribution in [3.8, 4) is 11.3 Å². The lowest BCUT2D eigenvalue weighted by molar-refractivity contribution is -0.133. The molecule has 0 spiro atoms. The third kappa shape index (κ3) is 3.63. The molecule has 1 saturated carbocycles. The normalized spacial score (nSPS) is 24.0. The van der Waals surface area contributed by atoms with Gasteiger partial charge in [-0.1, -0.05) is 23.8 Å². The number of carbonyl (C=O) groups excluding carboxylic acids is 2. The number of hydrogen-bond acceptors (Lipinski definition) is 7. The summed E-state index contributed by atoms with van der Waals surface area (Å²) in [5.74, 6) is -0.412. The van der Waals surface area contributed by atoms with Crippen molar-refractivity contribution in [2.24, 2.45) is 0 Å². The Labute approximate surface area is 180 Å². The molecule has 0 radical (unpaired) electrons. The minimum atomic E-state index is -3.62. The van der Waals surface area contributed by atoms with Gasteiger partial charge in [0.05, 0.1) is 5.75 Å². The lowest BCUT2D eigenvalue weighted by atomic mass is 10.1. The molecule has 0 N–H and O–H groups in total. The van der Waals surface area contributed by atoms with E-state index in [1.165, 1.54) is 6.39 Å². The van der Waals surface area contributed by atoms with E-state index < -0.39 is 22.0 Å². The molecule has 10 heteroatoms. The summed E-state index contributed by atoms with van der Waals surface area (Å²) in [5, 5.41) is 0. The lowest BCUT2D eigenvalue weighted by Crippen LogP contribution is -2.59. The molecule has 2 saturated heterocycles. The highest BCUT2D eigenvalue weighted by atomic mass is 32.2. The zero-order valence-corrected chi connectivity index (χ0v) is 18.0. The van der Waals surface area contributed by atoms with Crippen molar-refractivity contribution in [1.29, 1.82) is 0 Å². The number of hydrogen-bond donors (Lipinski definition) is 0. The number of amides is 2. The fourth-order valence-corrected chi connectivity index (χ4v) is 6.10. The van der Waals surface area contributed by atoms with Crippen LogP contribution >= 0.6 is 0 Å². The molecule has 2 amide bonds. The molecule has 1 aromatic carbocycles. The third-order valence-corrected chi connectivity index (χ3v) is 7.92. The van der Waals surface area contributed by atoms with Gasteiger partial charge in [-0.25, -0.2) is 17.7 Å². The molecule has 3 fully saturated rings. The molecule has 3 heterocycles. The minimum Gasteiger partial charge on any atom is -0.443 e. The molecular formula is C21H24N4O5S. The monoisotopic (exact) mass is 444 g/mol. The molecule has 5 rings (SSSR count). The Balaban J connectivity index is 1.41. The second-order valence-corrected chi connectivity index (χ2v) is 10.3. The van der Waals surface area contributed by atoms with Gasteiger partial charge in [-0.05, 0) is 25.8 Å². The summed E-state index contributed by atoms with van der Waals surface area (Å²) in [7, 11) is -3.62. The van der Waals surface area contributed by atoms with Crippen molar-refractivity contribution in [2.75, 3.05) is 31.9 Å². The number of oxazole rings is 1. The van der Waals surface area contributed by atoms with Crippen LogP contribution in [-0.2, 0) is 14.8 Å². The Kier molecular flexibility index (Phi) is 4.86. The van der Waals surface area contributed by atoms with Crippen molar-refractivity contribution in [1.82, 2.24) is 19.1 Å². The zero-order valence-electron chi connectivity index (χ0n) is 17.2. The predicted octanol–water partition coefficient (Wildman–Crippen LogP) is 1.11. The summed E-state index contributed by atoms with van der Waals surface area (Å²) in [5.41, 5.74) is 1.99. The first-order valence-electron chi connectivity index (χ1n) is 10.4. The number of rotatable bonds is 3. The Morgan fingerprint density at radius 2 is 2.00 bits per heavy atom. The van der Waals surface area contributed by atoms with Crippen molar-refractivity contribution in [2.45, 2.75) is 31.8 Å². The van der Waals surface area contributed by atoms with Crippen LogP contribution in [0.25, 0.3) is 11.3 Å². The van der Waals surface area contributed by atoms with Crippen LogP contribution in [0.2, 0.25) is 0 Å². The molecule has 164 valence electrons. The van der Waals surface area contributed by atoms with Gasteiger partial charge in [0.1, 0.15) is 6.04 Å². The number of nitrogens with zero attached hydrogens (tertiary/aromatic N) is 4. The zero-order chi connectivity index (χ0) is 21.8. The molecular weight excluding hydrogens is 420 g/mol. The van der Waals surface area contributed by atoms with Crippen LogP contribution in [0.3, 0.4) is 0 Å². The van der Waals surface area contributed by atoms with Crippen LogP contribution < -0.4 is 0 Å². The highest BCUT2D eigenvalue weighted by Crippen LogP contribution is 2.33. The van der Waals surface area contributed by atoms with Crippen LogP contribution in [0.1, 0.15) is 28.9 Å². The smallest absolute Gasteiger partial charge is 0.276 e. The van der Waals surface area contributed by atoms with Gasteiger partial charge in [0.25, 0.3) is 11.8 Å². The van der Waals surface area contributed by atoms with E-state index in [1.807, 2.05) is 36.1 Å². The highest BCUT2D eigenvalue weighted by Gasteiger charge is 2.48. The maximum atomic E-state index is 13.3. The maximum absolute atomic E-state index is 13.3.